The monoisotopic (exact) mass is 427 g/mol. The van der Waals surface area contributed by atoms with Gasteiger partial charge < -0.3 is 0 Å². The summed E-state index contributed by atoms with van der Waals surface area (Å²) < 4.78 is 24.8. The predicted octanol–water partition coefficient (Wildman–Crippen LogP) is 2.22. The molecule has 1 N–H and O–H groups in total. The number of nitrogens with one attached hydrogen (secondary N) is 1. The van der Waals surface area contributed by atoms with Gasteiger partial charge in [0.2, 0.25) is 11.9 Å². The van der Waals surface area contributed by atoms with Gasteiger partial charge in [-0.15, -0.1) is 5.10 Å². The van der Waals surface area contributed by atoms with Crippen LogP contribution in [-0.4, -0.2) is 58.4 Å². The van der Waals surface area contributed by atoms with Gasteiger partial charge in [-0.05, 0) is 17.7 Å². The Hall–Kier alpha value is -2.78. The molecule has 30 heavy (non-hydrogen) atoms. The van der Waals surface area contributed by atoms with Gasteiger partial charge in [0.1, 0.15) is 0 Å². The lowest BCUT2D eigenvalue weighted by Crippen LogP contribution is -2.53. The molecule has 0 radical (unpaired) electrons. The molecule has 1 saturated heterocycles. The van der Waals surface area contributed by atoms with Crippen LogP contribution in [0, 0.1) is 5.92 Å². The van der Waals surface area contributed by atoms with Gasteiger partial charge in [0.15, 0.2) is 15.5 Å². The molecule has 0 atom stereocenters. The maximum absolute atomic E-state index is 11.9. The lowest BCUT2D eigenvalue weighted by Gasteiger charge is -2.37. The van der Waals surface area contributed by atoms with Gasteiger partial charge in [0.05, 0.1) is 10.9 Å². The van der Waals surface area contributed by atoms with Crippen molar-refractivity contribution >= 4 is 27.3 Å². The lowest BCUT2D eigenvalue weighted by atomic mass is 10.1. The second kappa shape index (κ2) is 7.81. The van der Waals surface area contributed by atoms with Gasteiger partial charge in [-0.2, -0.15) is 4.98 Å². The Morgan fingerprint density at radius 3 is 2.50 bits per heavy atom. The summed E-state index contributed by atoms with van der Waals surface area (Å²) in [7, 11) is -2.95. The minimum absolute atomic E-state index is 0.124. The predicted molar refractivity (Wildman–Crippen MR) is 116 cm³/mol. The van der Waals surface area contributed by atoms with E-state index < -0.39 is 9.84 Å². The van der Waals surface area contributed by atoms with Gasteiger partial charge >= 0.3 is 0 Å². The fourth-order valence-corrected chi connectivity index (χ4v) is 4.36. The van der Waals surface area contributed by atoms with Gasteiger partial charge in [-0.25, -0.2) is 12.9 Å². The van der Waals surface area contributed by atoms with E-state index in [1.807, 2.05) is 56.3 Å². The molecule has 9 heteroatoms. The molecule has 4 rings (SSSR count). The average molecular weight is 428 g/mol. The third-order valence-electron chi connectivity index (χ3n) is 5.30. The van der Waals surface area contributed by atoms with Gasteiger partial charge in [0.25, 0.3) is 0 Å². The molecule has 0 spiro atoms. The van der Waals surface area contributed by atoms with E-state index in [1.165, 1.54) is 6.26 Å². The molecular formula is C21H25N5O3S. The molecule has 8 nitrogen and oxygen atoms in total. The highest BCUT2D eigenvalue weighted by atomic mass is 32.2. The molecule has 1 fully saturated rings. The van der Waals surface area contributed by atoms with Crippen LogP contribution in [0.5, 0.6) is 0 Å². The van der Waals surface area contributed by atoms with Crippen molar-refractivity contribution in [3.05, 3.63) is 48.0 Å². The number of likely N-dealkylation sites (tertiary alicyclic amines) is 1. The number of hydrogen-bond donors (Lipinski definition) is 1. The fourth-order valence-electron chi connectivity index (χ4n) is 3.39. The number of carbonyl (C=O) groups excluding carboxylic acids is 1. The number of pyridine rings is 1. The van der Waals surface area contributed by atoms with E-state index in [2.05, 4.69) is 20.3 Å². The van der Waals surface area contributed by atoms with E-state index in [4.69, 9.17) is 0 Å². The average Bonchev–Trinajstić information content (AvgIpc) is 3.06. The normalized spacial score (nSPS) is 15.5. The Bertz CT molecular complexity index is 1180. The number of fused-ring (bicyclic) bond motifs is 1. The number of amides is 1. The maximum atomic E-state index is 11.9. The first-order valence-corrected chi connectivity index (χ1v) is 11.8. The van der Waals surface area contributed by atoms with E-state index in [0.29, 0.717) is 18.7 Å². The molecule has 0 bridgehead atoms. The molecule has 1 aliphatic heterocycles. The zero-order chi connectivity index (χ0) is 21.5. The molecular weight excluding hydrogens is 402 g/mol. The van der Waals surface area contributed by atoms with Crippen LogP contribution in [0.15, 0.2) is 42.5 Å². The van der Waals surface area contributed by atoms with Gasteiger partial charge in [-0.3, -0.25) is 15.0 Å². The summed E-state index contributed by atoms with van der Waals surface area (Å²) >= 11 is 0. The first-order valence-electron chi connectivity index (χ1n) is 9.88. The summed E-state index contributed by atoms with van der Waals surface area (Å²) in [6.07, 6.45) is 1.30. The van der Waals surface area contributed by atoms with E-state index in [-0.39, 0.29) is 23.0 Å². The molecule has 0 aliphatic carbocycles. The summed E-state index contributed by atoms with van der Waals surface area (Å²) in [5.74, 6) is 0.0136. The quantitative estimate of drug-likeness (QED) is 0.648. The molecule has 2 aromatic heterocycles. The first-order chi connectivity index (χ1) is 14.2. The fraction of sp³-hybridized carbons (Fsp3) is 0.381. The number of sulfone groups is 1. The van der Waals surface area contributed by atoms with Crippen LogP contribution >= 0.6 is 0 Å². The molecule has 3 heterocycles. The van der Waals surface area contributed by atoms with E-state index >= 15 is 0 Å². The Labute approximate surface area is 175 Å². The molecule has 1 aliphatic rings. The number of anilines is 1. The summed E-state index contributed by atoms with van der Waals surface area (Å²) in [4.78, 5) is 18.5. The van der Waals surface area contributed by atoms with Crippen molar-refractivity contribution < 1.29 is 13.2 Å². The maximum Gasteiger partial charge on any atom is 0.249 e. The number of benzene rings is 1. The Kier molecular flexibility index (Phi) is 5.33. The molecule has 0 unspecified atom stereocenters. The van der Waals surface area contributed by atoms with Crippen LogP contribution in [0.1, 0.15) is 19.4 Å². The van der Waals surface area contributed by atoms with Crippen LogP contribution in [0.25, 0.3) is 16.9 Å². The van der Waals surface area contributed by atoms with Crippen LogP contribution in [0.2, 0.25) is 0 Å². The topological polar surface area (TPSA) is 96.7 Å². The van der Waals surface area contributed by atoms with Crippen molar-refractivity contribution in [3.63, 3.8) is 0 Å². The van der Waals surface area contributed by atoms with Crippen molar-refractivity contribution in [2.45, 2.75) is 25.6 Å². The van der Waals surface area contributed by atoms with Crippen LogP contribution in [0.3, 0.4) is 0 Å². The highest BCUT2D eigenvalue weighted by Crippen LogP contribution is 2.23. The Morgan fingerprint density at radius 2 is 1.87 bits per heavy atom. The third kappa shape index (κ3) is 4.22. The zero-order valence-electron chi connectivity index (χ0n) is 17.2. The Balaban J connectivity index is 1.50. The Morgan fingerprint density at radius 1 is 1.17 bits per heavy atom. The summed E-state index contributed by atoms with van der Waals surface area (Å²) in [6, 6.07) is 13.8. The minimum Gasteiger partial charge on any atom is -0.296 e. The number of nitrogens with zero attached hydrogens (tertiary/aromatic N) is 4. The first kappa shape index (κ1) is 20.5. The SMILES string of the molecule is CC(C)C(=O)Nc1nc2cccc(-c3ccc(CN4CC(S(C)(=O)=O)C4)cc3)n2n1. The molecule has 158 valence electrons. The number of carbonyl (C=O) groups is 1. The second-order valence-corrected chi connectivity index (χ2v) is 10.4. The molecule has 1 aromatic carbocycles. The zero-order valence-corrected chi connectivity index (χ0v) is 18.1. The summed E-state index contributed by atoms with van der Waals surface area (Å²) in [5.41, 5.74) is 3.63. The smallest absolute Gasteiger partial charge is 0.249 e. The molecule has 0 saturated carbocycles. The molecule has 1 amide bonds. The number of rotatable bonds is 6. The van der Waals surface area contributed by atoms with E-state index in [9.17, 15) is 13.2 Å². The van der Waals surface area contributed by atoms with Crippen LogP contribution in [-0.2, 0) is 21.2 Å². The van der Waals surface area contributed by atoms with Gasteiger partial charge in [0, 0.05) is 37.4 Å². The highest BCUT2D eigenvalue weighted by Gasteiger charge is 2.34. The van der Waals surface area contributed by atoms with E-state index in [1.54, 1.807) is 4.52 Å². The number of hydrogen-bond acceptors (Lipinski definition) is 6. The van der Waals surface area contributed by atoms with Crippen LogP contribution in [0.4, 0.5) is 5.95 Å². The molecule has 3 aromatic rings. The third-order valence-corrected chi connectivity index (χ3v) is 6.81. The summed E-state index contributed by atoms with van der Waals surface area (Å²) in [6.45, 7) is 5.54. The highest BCUT2D eigenvalue weighted by molar-refractivity contribution is 7.91. The van der Waals surface area contributed by atoms with Crippen molar-refractivity contribution in [3.8, 4) is 11.3 Å². The van der Waals surface area contributed by atoms with Gasteiger partial charge in [-0.1, -0.05) is 44.2 Å². The number of aromatic nitrogens is 3. The standard InChI is InChI=1S/C21H25N5O3S/c1-14(2)20(27)23-21-22-19-6-4-5-18(26(19)24-21)16-9-7-15(8-10-16)11-25-12-17(13-25)30(3,28)29/h4-10,14,17H,11-13H2,1-3H3,(H,23,24,27). The van der Waals surface area contributed by atoms with Crippen molar-refractivity contribution in [2.75, 3.05) is 24.7 Å². The largest absolute Gasteiger partial charge is 0.296 e. The van der Waals surface area contributed by atoms with Crippen molar-refractivity contribution in [1.82, 2.24) is 19.5 Å². The minimum atomic E-state index is -2.95. The second-order valence-electron chi connectivity index (χ2n) is 8.10. The van der Waals surface area contributed by atoms with Crippen molar-refractivity contribution in [2.24, 2.45) is 5.92 Å². The lowest BCUT2D eigenvalue weighted by molar-refractivity contribution is -0.118. The summed E-state index contributed by atoms with van der Waals surface area (Å²) in [5, 5.41) is 6.94. The van der Waals surface area contributed by atoms with Crippen molar-refractivity contribution in [1.29, 1.82) is 0 Å². The van der Waals surface area contributed by atoms with Crippen LogP contribution < -0.4 is 5.32 Å². The van der Waals surface area contributed by atoms with E-state index in [0.717, 1.165) is 23.4 Å².